The molecule has 0 aliphatic heterocycles. The maximum Gasteiger partial charge on any atom is 0.189 e. The minimum absolute atomic E-state index is 0.00836. The Labute approximate surface area is 99.6 Å². The van der Waals surface area contributed by atoms with Gasteiger partial charge in [0.1, 0.15) is 5.75 Å². The third-order valence-corrected chi connectivity index (χ3v) is 2.56. The van der Waals surface area contributed by atoms with E-state index in [1.54, 1.807) is 24.3 Å². The molecular formula is C14H13NO2. The SMILES string of the molecule is Cn1cccc1C=CC(=O)c1ccccc1O. The standard InChI is InChI=1S/C14H13NO2/c1-15-10-4-5-11(15)8-9-14(17)12-6-2-3-7-13(12)16/h2-10,16H,1H3. The predicted octanol–water partition coefficient (Wildman–Crippen LogP) is 2.63. The molecule has 2 aromatic rings. The average molecular weight is 227 g/mol. The molecule has 3 nitrogen and oxygen atoms in total. The summed E-state index contributed by atoms with van der Waals surface area (Å²) in [5.41, 5.74) is 1.26. The van der Waals surface area contributed by atoms with Gasteiger partial charge in [0.25, 0.3) is 0 Å². The van der Waals surface area contributed by atoms with E-state index in [-0.39, 0.29) is 11.5 Å². The highest BCUT2D eigenvalue weighted by molar-refractivity contribution is 6.08. The van der Waals surface area contributed by atoms with Crippen LogP contribution < -0.4 is 0 Å². The second kappa shape index (κ2) is 4.70. The number of carbonyl (C=O) groups is 1. The number of para-hydroxylation sites is 1. The molecule has 0 bridgehead atoms. The maximum atomic E-state index is 11.8. The summed E-state index contributed by atoms with van der Waals surface area (Å²) >= 11 is 0. The van der Waals surface area contributed by atoms with Crippen molar-refractivity contribution in [3.05, 3.63) is 59.9 Å². The number of hydrogen-bond donors (Lipinski definition) is 1. The molecule has 1 aromatic carbocycles. The van der Waals surface area contributed by atoms with Crippen molar-refractivity contribution in [3.8, 4) is 5.75 Å². The number of aromatic nitrogens is 1. The molecule has 1 heterocycles. The lowest BCUT2D eigenvalue weighted by Gasteiger charge is -1.99. The van der Waals surface area contributed by atoms with E-state index < -0.39 is 0 Å². The lowest BCUT2D eigenvalue weighted by Crippen LogP contribution is -1.95. The maximum absolute atomic E-state index is 11.8. The molecule has 0 saturated heterocycles. The number of hydrogen-bond acceptors (Lipinski definition) is 2. The van der Waals surface area contributed by atoms with Gasteiger partial charge in [0, 0.05) is 18.9 Å². The van der Waals surface area contributed by atoms with Gasteiger partial charge < -0.3 is 9.67 Å². The Morgan fingerprint density at radius 2 is 2.00 bits per heavy atom. The van der Waals surface area contributed by atoms with Crippen LogP contribution >= 0.6 is 0 Å². The number of aromatic hydroxyl groups is 1. The van der Waals surface area contributed by atoms with Crippen molar-refractivity contribution in [2.45, 2.75) is 0 Å². The number of phenolic OH excluding ortho intramolecular Hbond substituents is 1. The van der Waals surface area contributed by atoms with Gasteiger partial charge >= 0.3 is 0 Å². The van der Waals surface area contributed by atoms with E-state index in [0.29, 0.717) is 5.56 Å². The summed E-state index contributed by atoms with van der Waals surface area (Å²) in [5.74, 6) is -0.196. The van der Waals surface area contributed by atoms with E-state index in [2.05, 4.69) is 0 Å². The van der Waals surface area contributed by atoms with Crippen molar-refractivity contribution >= 4 is 11.9 Å². The number of aryl methyl sites for hydroxylation is 1. The first-order chi connectivity index (χ1) is 8.18. The smallest absolute Gasteiger partial charge is 0.189 e. The molecular weight excluding hydrogens is 214 g/mol. The van der Waals surface area contributed by atoms with Crippen LogP contribution in [-0.4, -0.2) is 15.5 Å². The van der Waals surface area contributed by atoms with Gasteiger partial charge in [-0.2, -0.15) is 0 Å². The highest BCUT2D eigenvalue weighted by atomic mass is 16.3. The number of ketones is 1. The average Bonchev–Trinajstić information content (AvgIpc) is 2.72. The zero-order chi connectivity index (χ0) is 12.3. The summed E-state index contributed by atoms with van der Waals surface area (Å²) in [4.78, 5) is 11.8. The Hall–Kier alpha value is -2.29. The largest absolute Gasteiger partial charge is 0.507 e. The van der Waals surface area contributed by atoms with Crippen molar-refractivity contribution in [1.29, 1.82) is 0 Å². The molecule has 1 aromatic heterocycles. The Balaban J connectivity index is 2.21. The minimum Gasteiger partial charge on any atom is -0.507 e. The van der Waals surface area contributed by atoms with Crippen molar-refractivity contribution in [1.82, 2.24) is 4.57 Å². The molecule has 17 heavy (non-hydrogen) atoms. The molecule has 0 atom stereocenters. The lowest BCUT2D eigenvalue weighted by molar-refractivity contribution is 0.104. The number of phenols is 1. The van der Waals surface area contributed by atoms with Crippen LogP contribution in [0.3, 0.4) is 0 Å². The van der Waals surface area contributed by atoms with Crippen LogP contribution in [0.4, 0.5) is 0 Å². The summed E-state index contributed by atoms with van der Waals surface area (Å²) in [6, 6.07) is 10.3. The van der Waals surface area contributed by atoms with Gasteiger partial charge in [0.15, 0.2) is 5.78 Å². The molecule has 3 heteroatoms. The summed E-state index contributed by atoms with van der Waals surface area (Å²) in [5, 5.41) is 9.53. The molecule has 0 aliphatic rings. The fourth-order valence-electron chi connectivity index (χ4n) is 1.58. The van der Waals surface area contributed by atoms with Crippen molar-refractivity contribution in [2.24, 2.45) is 7.05 Å². The Kier molecular flexibility index (Phi) is 3.10. The van der Waals surface area contributed by atoms with Crippen molar-refractivity contribution in [3.63, 3.8) is 0 Å². The van der Waals surface area contributed by atoms with Gasteiger partial charge in [-0.3, -0.25) is 4.79 Å². The molecule has 0 saturated carbocycles. The summed E-state index contributed by atoms with van der Waals surface area (Å²) < 4.78 is 1.91. The van der Waals surface area contributed by atoms with Gasteiger partial charge in [-0.1, -0.05) is 12.1 Å². The van der Waals surface area contributed by atoms with Crippen molar-refractivity contribution < 1.29 is 9.90 Å². The number of benzene rings is 1. The van der Waals surface area contributed by atoms with E-state index in [4.69, 9.17) is 0 Å². The molecule has 0 amide bonds. The van der Waals surface area contributed by atoms with Crippen LogP contribution in [0, 0.1) is 0 Å². The van der Waals surface area contributed by atoms with E-state index >= 15 is 0 Å². The van der Waals surface area contributed by atoms with Crippen LogP contribution in [0.15, 0.2) is 48.7 Å². The van der Waals surface area contributed by atoms with Crippen LogP contribution in [0.25, 0.3) is 6.08 Å². The van der Waals surface area contributed by atoms with E-state index in [9.17, 15) is 9.90 Å². The minimum atomic E-state index is -0.204. The first-order valence-electron chi connectivity index (χ1n) is 5.30. The first-order valence-corrected chi connectivity index (χ1v) is 5.30. The van der Waals surface area contributed by atoms with E-state index in [1.807, 2.05) is 29.9 Å². The van der Waals surface area contributed by atoms with Crippen LogP contribution in [-0.2, 0) is 7.05 Å². The number of rotatable bonds is 3. The first kappa shape index (κ1) is 11.2. The number of nitrogens with zero attached hydrogens (tertiary/aromatic N) is 1. The molecule has 0 radical (unpaired) electrons. The zero-order valence-corrected chi connectivity index (χ0v) is 9.50. The normalized spacial score (nSPS) is 10.9. The van der Waals surface area contributed by atoms with Gasteiger partial charge in [0.05, 0.1) is 5.56 Å². The molecule has 0 aliphatic carbocycles. The molecule has 0 fully saturated rings. The fraction of sp³-hybridized carbons (Fsp3) is 0.0714. The Morgan fingerprint density at radius 1 is 1.24 bits per heavy atom. The molecule has 1 N–H and O–H groups in total. The Morgan fingerprint density at radius 3 is 2.65 bits per heavy atom. The molecule has 2 rings (SSSR count). The van der Waals surface area contributed by atoms with Crippen LogP contribution in [0.5, 0.6) is 5.75 Å². The lowest BCUT2D eigenvalue weighted by atomic mass is 10.1. The predicted molar refractivity (Wildman–Crippen MR) is 66.9 cm³/mol. The monoisotopic (exact) mass is 227 g/mol. The molecule has 0 spiro atoms. The quantitative estimate of drug-likeness (QED) is 0.647. The highest BCUT2D eigenvalue weighted by Gasteiger charge is 2.06. The zero-order valence-electron chi connectivity index (χ0n) is 9.50. The van der Waals surface area contributed by atoms with Gasteiger partial charge in [-0.25, -0.2) is 0 Å². The summed E-state index contributed by atoms with van der Waals surface area (Å²) in [6.07, 6.45) is 5.10. The van der Waals surface area contributed by atoms with Gasteiger partial charge in [-0.15, -0.1) is 0 Å². The third-order valence-electron chi connectivity index (χ3n) is 2.56. The van der Waals surface area contributed by atoms with Gasteiger partial charge in [0.2, 0.25) is 0 Å². The molecule has 0 unspecified atom stereocenters. The molecule has 86 valence electrons. The fourth-order valence-corrected chi connectivity index (χ4v) is 1.58. The van der Waals surface area contributed by atoms with E-state index in [0.717, 1.165) is 5.69 Å². The van der Waals surface area contributed by atoms with Crippen molar-refractivity contribution in [2.75, 3.05) is 0 Å². The number of allylic oxidation sites excluding steroid dienone is 1. The van der Waals surface area contributed by atoms with Crippen LogP contribution in [0.1, 0.15) is 16.1 Å². The third kappa shape index (κ3) is 2.45. The second-order valence-corrected chi connectivity index (χ2v) is 3.76. The Bertz CT molecular complexity index is 567. The summed E-state index contributed by atoms with van der Waals surface area (Å²) in [7, 11) is 1.91. The number of carbonyl (C=O) groups excluding carboxylic acids is 1. The topological polar surface area (TPSA) is 42.2 Å². The van der Waals surface area contributed by atoms with Gasteiger partial charge in [-0.05, 0) is 36.4 Å². The second-order valence-electron chi connectivity index (χ2n) is 3.76. The summed E-state index contributed by atoms with van der Waals surface area (Å²) in [6.45, 7) is 0. The highest BCUT2D eigenvalue weighted by Crippen LogP contribution is 2.17. The van der Waals surface area contributed by atoms with Crippen LogP contribution in [0.2, 0.25) is 0 Å². The van der Waals surface area contributed by atoms with E-state index in [1.165, 1.54) is 12.1 Å².